The molecule has 0 atom stereocenters. The van der Waals surface area contributed by atoms with Gasteiger partial charge in [0.1, 0.15) is 6.54 Å². The summed E-state index contributed by atoms with van der Waals surface area (Å²) in [4.78, 5) is 24.0. The molecule has 1 fully saturated rings. The molecular weight excluding hydrogens is 220 g/mol. The summed E-state index contributed by atoms with van der Waals surface area (Å²) in [6.07, 6.45) is 0.866. The van der Waals surface area contributed by atoms with Crippen molar-refractivity contribution in [1.82, 2.24) is 20.0 Å². The highest BCUT2D eigenvalue weighted by Gasteiger charge is 2.27. The van der Waals surface area contributed by atoms with Crippen LogP contribution in [0.3, 0.4) is 0 Å². The smallest absolute Gasteiger partial charge is 0.309 e. The zero-order valence-electron chi connectivity index (χ0n) is 10.1. The molecule has 1 aromatic rings. The summed E-state index contributed by atoms with van der Waals surface area (Å²) in [5.41, 5.74) is 1.97. The molecule has 17 heavy (non-hydrogen) atoms. The van der Waals surface area contributed by atoms with Crippen LogP contribution in [0.1, 0.15) is 25.2 Å². The standard InChI is InChI=1S/C11H16N4O2/c1-3-8-5-9(15(4-2)13-8)6-14-7-10(16)12-11(14)17/h5H,3-4,6-7H2,1-2H3,(H,12,16,17). The van der Waals surface area contributed by atoms with Gasteiger partial charge in [-0.15, -0.1) is 0 Å². The van der Waals surface area contributed by atoms with E-state index in [1.165, 1.54) is 4.90 Å². The van der Waals surface area contributed by atoms with Crippen LogP contribution in [-0.2, 0) is 24.3 Å². The minimum atomic E-state index is -0.322. The van der Waals surface area contributed by atoms with Crippen LogP contribution in [0.2, 0.25) is 0 Å². The number of rotatable bonds is 4. The number of amides is 3. The molecule has 0 spiro atoms. The number of carbonyl (C=O) groups is 2. The lowest BCUT2D eigenvalue weighted by Gasteiger charge is -2.13. The minimum absolute atomic E-state index is 0.134. The molecule has 0 unspecified atom stereocenters. The Morgan fingerprint density at radius 3 is 2.71 bits per heavy atom. The van der Waals surface area contributed by atoms with Gasteiger partial charge < -0.3 is 4.90 Å². The van der Waals surface area contributed by atoms with Crippen molar-refractivity contribution in [2.45, 2.75) is 33.4 Å². The zero-order chi connectivity index (χ0) is 12.4. The van der Waals surface area contributed by atoms with E-state index < -0.39 is 0 Å². The summed E-state index contributed by atoms with van der Waals surface area (Å²) in [5.74, 6) is -0.242. The fraction of sp³-hybridized carbons (Fsp3) is 0.545. The van der Waals surface area contributed by atoms with Crippen LogP contribution in [0.5, 0.6) is 0 Å². The third kappa shape index (κ3) is 2.30. The Labute approximate surface area is 99.6 Å². The predicted molar refractivity (Wildman–Crippen MR) is 61.2 cm³/mol. The number of hydrogen-bond acceptors (Lipinski definition) is 3. The third-order valence-corrected chi connectivity index (χ3v) is 2.80. The van der Waals surface area contributed by atoms with Crippen LogP contribution in [0, 0.1) is 0 Å². The predicted octanol–water partition coefficient (Wildman–Crippen LogP) is 0.517. The molecule has 1 aromatic heterocycles. The molecule has 0 aliphatic carbocycles. The highest BCUT2D eigenvalue weighted by Crippen LogP contribution is 2.11. The SMILES string of the molecule is CCc1cc(CN2CC(=O)NC2=O)n(CC)n1. The number of carbonyl (C=O) groups excluding carboxylic acids is 2. The van der Waals surface area contributed by atoms with E-state index in [1.807, 2.05) is 24.6 Å². The second kappa shape index (κ2) is 4.57. The number of imide groups is 1. The van der Waals surface area contributed by atoms with Crippen LogP contribution in [0.15, 0.2) is 6.07 Å². The van der Waals surface area contributed by atoms with Gasteiger partial charge in [0, 0.05) is 6.54 Å². The van der Waals surface area contributed by atoms with Crippen molar-refractivity contribution in [3.05, 3.63) is 17.5 Å². The molecule has 0 saturated carbocycles. The van der Waals surface area contributed by atoms with Crippen molar-refractivity contribution in [3.8, 4) is 0 Å². The van der Waals surface area contributed by atoms with E-state index in [0.717, 1.165) is 24.4 Å². The quantitative estimate of drug-likeness (QED) is 0.775. The van der Waals surface area contributed by atoms with Gasteiger partial charge in [-0.1, -0.05) is 6.92 Å². The van der Waals surface area contributed by atoms with Gasteiger partial charge in [0.2, 0.25) is 5.91 Å². The number of nitrogens with zero attached hydrogens (tertiary/aromatic N) is 3. The Morgan fingerprint density at radius 1 is 1.41 bits per heavy atom. The molecule has 0 bridgehead atoms. The molecule has 2 rings (SSSR count). The van der Waals surface area contributed by atoms with E-state index in [2.05, 4.69) is 10.4 Å². The normalized spacial score (nSPS) is 15.5. The second-order valence-corrected chi connectivity index (χ2v) is 4.01. The average Bonchev–Trinajstić information content (AvgIpc) is 2.83. The highest BCUT2D eigenvalue weighted by molar-refractivity contribution is 6.01. The Kier molecular flexibility index (Phi) is 3.12. The van der Waals surface area contributed by atoms with Crippen LogP contribution in [0.25, 0.3) is 0 Å². The van der Waals surface area contributed by atoms with Gasteiger partial charge in [0.15, 0.2) is 0 Å². The number of nitrogens with one attached hydrogen (secondary N) is 1. The zero-order valence-corrected chi connectivity index (χ0v) is 10.1. The maximum absolute atomic E-state index is 11.4. The average molecular weight is 236 g/mol. The van der Waals surface area contributed by atoms with Gasteiger partial charge in [-0.05, 0) is 19.4 Å². The maximum Gasteiger partial charge on any atom is 0.324 e. The third-order valence-electron chi connectivity index (χ3n) is 2.80. The lowest BCUT2D eigenvalue weighted by molar-refractivity contribution is -0.118. The Balaban J connectivity index is 2.15. The highest BCUT2D eigenvalue weighted by atomic mass is 16.2. The van der Waals surface area contributed by atoms with E-state index in [9.17, 15) is 9.59 Å². The molecular formula is C11H16N4O2. The van der Waals surface area contributed by atoms with Crippen molar-refractivity contribution in [3.63, 3.8) is 0 Å². The van der Waals surface area contributed by atoms with Crippen LogP contribution >= 0.6 is 0 Å². The van der Waals surface area contributed by atoms with Crippen molar-refractivity contribution in [2.24, 2.45) is 0 Å². The summed E-state index contributed by atoms with van der Waals surface area (Å²) >= 11 is 0. The summed E-state index contributed by atoms with van der Waals surface area (Å²) in [6, 6.07) is 1.66. The molecule has 1 saturated heterocycles. The van der Waals surface area contributed by atoms with Crippen molar-refractivity contribution >= 4 is 11.9 Å². The van der Waals surface area contributed by atoms with Crippen LogP contribution in [0.4, 0.5) is 4.79 Å². The molecule has 3 amide bonds. The fourth-order valence-electron chi connectivity index (χ4n) is 1.90. The van der Waals surface area contributed by atoms with E-state index in [-0.39, 0.29) is 18.5 Å². The number of hydrogen-bond donors (Lipinski definition) is 1. The first-order chi connectivity index (χ1) is 8.13. The van der Waals surface area contributed by atoms with Gasteiger partial charge in [-0.2, -0.15) is 5.10 Å². The van der Waals surface area contributed by atoms with E-state index in [0.29, 0.717) is 6.54 Å². The van der Waals surface area contributed by atoms with Crippen molar-refractivity contribution in [1.29, 1.82) is 0 Å². The molecule has 1 aliphatic rings. The molecule has 2 heterocycles. The molecule has 0 aromatic carbocycles. The van der Waals surface area contributed by atoms with Crippen LogP contribution < -0.4 is 5.32 Å². The lowest BCUT2D eigenvalue weighted by Crippen LogP contribution is -2.28. The second-order valence-electron chi connectivity index (χ2n) is 4.01. The molecule has 6 nitrogen and oxygen atoms in total. The van der Waals surface area contributed by atoms with Crippen molar-refractivity contribution in [2.75, 3.05) is 6.54 Å². The van der Waals surface area contributed by atoms with Crippen molar-refractivity contribution < 1.29 is 9.59 Å². The monoisotopic (exact) mass is 236 g/mol. The fourth-order valence-corrected chi connectivity index (χ4v) is 1.90. The van der Waals surface area contributed by atoms with E-state index in [1.54, 1.807) is 0 Å². The topological polar surface area (TPSA) is 67.2 Å². The van der Waals surface area contributed by atoms with E-state index in [4.69, 9.17) is 0 Å². The Morgan fingerprint density at radius 2 is 2.18 bits per heavy atom. The summed E-state index contributed by atoms with van der Waals surface area (Å²) in [7, 11) is 0. The van der Waals surface area contributed by atoms with Gasteiger partial charge in [0.25, 0.3) is 0 Å². The molecule has 92 valence electrons. The molecule has 1 aliphatic heterocycles. The molecule has 0 radical (unpaired) electrons. The number of aryl methyl sites for hydroxylation is 2. The first kappa shape index (κ1) is 11.6. The van der Waals surface area contributed by atoms with Gasteiger partial charge in [-0.25, -0.2) is 4.79 Å². The number of urea groups is 1. The summed E-state index contributed by atoms with van der Waals surface area (Å²) in [5, 5.41) is 6.67. The van der Waals surface area contributed by atoms with Gasteiger partial charge in [-0.3, -0.25) is 14.8 Å². The van der Waals surface area contributed by atoms with Gasteiger partial charge >= 0.3 is 6.03 Å². The summed E-state index contributed by atoms with van der Waals surface area (Å²) in [6.45, 7) is 5.37. The summed E-state index contributed by atoms with van der Waals surface area (Å²) < 4.78 is 1.87. The largest absolute Gasteiger partial charge is 0.324 e. The molecule has 6 heteroatoms. The van der Waals surface area contributed by atoms with Crippen LogP contribution in [-0.4, -0.2) is 33.2 Å². The molecule has 1 N–H and O–H groups in total. The first-order valence-electron chi connectivity index (χ1n) is 5.78. The first-order valence-corrected chi connectivity index (χ1v) is 5.78. The Bertz CT molecular complexity index is 452. The van der Waals surface area contributed by atoms with Gasteiger partial charge in [0.05, 0.1) is 17.9 Å². The lowest BCUT2D eigenvalue weighted by atomic mass is 10.3. The minimum Gasteiger partial charge on any atom is -0.309 e. The number of aromatic nitrogens is 2. The van der Waals surface area contributed by atoms with E-state index >= 15 is 0 Å². The maximum atomic E-state index is 11.4. The Hall–Kier alpha value is -1.85.